The van der Waals surface area contributed by atoms with E-state index in [1.165, 1.54) is 5.56 Å². The molecule has 2 aromatic carbocycles. The molecule has 2 unspecified atom stereocenters. The summed E-state index contributed by atoms with van der Waals surface area (Å²) in [5.74, 6) is 0.479. The predicted molar refractivity (Wildman–Crippen MR) is 161 cm³/mol. The van der Waals surface area contributed by atoms with Gasteiger partial charge in [-0.1, -0.05) is 43.3 Å². The summed E-state index contributed by atoms with van der Waals surface area (Å²) in [6, 6.07) is 18.0. The number of carbonyl (C=O) groups is 3. The molecule has 1 aromatic heterocycles. The average molecular weight is 564 g/mol. The number of carbonyl (C=O) groups excluding carboxylic acids is 3. The van der Waals surface area contributed by atoms with Gasteiger partial charge in [0.25, 0.3) is 0 Å². The van der Waals surface area contributed by atoms with Gasteiger partial charge in [0.05, 0.1) is 11.5 Å². The highest BCUT2D eigenvalue weighted by atomic mass is 16.2. The Labute approximate surface area is 246 Å². The highest BCUT2D eigenvalue weighted by Gasteiger charge is 2.51. The fourth-order valence-corrected chi connectivity index (χ4v) is 7.61. The van der Waals surface area contributed by atoms with Crippen molar-refractivity contribution >= 4 is 29.2 Å². The first kappa shape index (κ1) is 26.8. The van der Waals surface area contributed by atoms with Crippen molar-refractivity contribution in [3.63, 3.8) is 0 Å². The molecule has 3 heterocycles. The smallest absolute Gasteiger partial charge is 0.244 e. The lowest BCUT2D eigenvalue weighted by molar-refractivity contribution is -0.148. The van der Waals surface area contributed by atoms with Gasteiger partial charge in [0.15, 0.2) is 0 Å². The van der Waals surface area contributed by atoms with E-state index in [1.807, 2.05) is 41.3 Å². The number of anilines is 2. The molecule has 4 aliphatic rings. The molecule has 0 radical (unpaired) electrons. The van der Waals surface area contributed by atoms with Crippen LogP contribution in [0.5, 0.6) is 0 Å². The van der Waals surface area contributed by atoms with Gasteiger partial charge in [0.2, 0.25) is 17.7 Å². The van der Waals surface area contributed by atoms with Crippen LogP contribution in [0.1, 0.15) is 66.5 Å². The van der Waals surface area contributed by atoms with E-state index < -0.39 is 10.8 Å². The maximum atomic E-state index is 14.2. The Bertz CT molecular complexity index is 1580. The molecule has 8 heteroatoms. The Morgan fingerprint density at radius 2 is 1.83 bits per heavy atom. The van der Waals surface area contributed by atoms with E-state index >= 15 is 0 Å². The topological polar surface area (TPSA) is 103 Å². The minimum atomic E-state index is -0.656. The molecule has 2 atom stereocenters. The van der Waals surface area contributed by atoms with Crippen LogP contribution in [0.3, 0.4) is 0 Å². The van der Waals surface area contributed by atoms with Crippen LogP contribution in [0.4, 0.5) is 11.5 Å². The zero-order valence-corrected chi connectivity index (χ0v) is 24.0. The van der Waals surface area contributed by atoms with Gasteiger partial charge in [-0.15, -0.1) is 0 Å². The first-order valence-electron chi connectivity index (χ1n) is 15.1. The molecule has 7 rings (SSSR count). The van der Waals surface area contributed by atoms with Crippen molar-refractivity contribution in [2.75, 3.05) is 30.3 Å². The molecular weight excluding hydrogens is 526 g/mol. The lowest BCUT2D eigenvalue weighted by Gasteiger charge is -2.42. The lowest BCUT2D eigenvalue weighted by atomic mass is 9.78. The molecule has 8 nitrogen and oxygen atoms in total. The molecule has 0 saturated carbocycles. The monoisotopic (exact) mass is 563 g/mol. The summed E-state index contributed by atoms with van der Waals surface area (Å²) in [7, 11) is 0. The molecule has 3 amide bonds. The van der Waals surface area contributed by atoms with Crippen molar-refractivity contribution in [2.24, 2.45) is 5.41 Å². The van der Waals surface area contributed by atoms with Crippen molar-refractivity contribution in [1.29, 1.82) is 0 Å². The van der Waals surface area contributed by atoms with Crippen molar-refractivity contribution in [3.8, 4) is 0 Å². The third-order valence-corrected chi connectivity index (χ3v) is 9.98. The average Bonchev–Trinajstić information content (AvgIpc) is 3.52. The summed E-state index contributed by atoms with van der Waals surface area (Å²) in [5.41, 5.74) is 5.06. The van der Waals surface area contributed by atoms with Crippen LogP contribution in [-0.4, -0.2) is 47.2 Å². The Balaban J connectivity index is 1.13. The van der Waals surface area contributed by atoms with Gasteiger partial charge < -0.3 is 20.9 Å². The van der Waals surface area contributed by atoms with Crippen molar-refractivity contribution in [3.05, 3.63) is 88.6 Å². The second-order valence-corrected chi connectivity index (χ2v) is 12.7. The van der Waals surface area contributed by atoms with Gasteiger partial charge in [-0.25, -0.2) is 4.98 Å². The van der Waals surface area contributed by atoms with Crippen LogP contribution in [0, 0.1) is 5.41 Å². The standard InChI is InChI=1S/C34H37N5O3/c1-33(13-16-35-17-14-33)32(42)39(28-10-4-7-22-6-2-3-8-26(22)28)21-29(40)37-25-12-11-23-19-34(20-24(23)18-25)27-9-5-15-36-30(27)38-31(34)41/h2-3,5-6,8-9,11-12,15,18,28,35H,4,7,10,13-14,16-17,19-21H2,1H3,(H,37,40)(H,36,38,41). The van der Waals surface area contributed by atoms with Crippen molar-refractivity contribution in [1.82, 2.24) is 15.2 Å². The number of hydrogen-bond donors (Lipinski definition) is 3. The first-order valence-corrected chi connectivity index (χ1v) is 15.1. The maximum Gasteiger partial charge on any atom is 0.244 e. The molecule has 1 spiro atoms. The highest BCUT2D eigenvalue weighted by Crippen LogP contribution is 2.47. The molecule has 0 bridgehead atoms. The molecular formula is C34H37N5O3. The Hall–Kier alpha value is -4.04. The Kier molecular flexibility index (Phi) is 6.61. The van der Waals surface area contributed by atoms with Gasteiger partial charge in [-0.2, -0.15) is 0 Å². The van der Waals surface area contributed by atoms with E-state index in [1.54, 1.807) is 6.20 Å². The van der Waals surface area contributed by atoms with Crippen LogP contribution in [0.25, 0.3) is 0 Å². The summed E-state index contributed by atoms with van der Waals surface area (Å²) < 4.78 is 0. The zero-order chi connectivity index (χ0) is 28.9. The van der Waals surface area contributed by atoms with E-state index in [2.05, 4.69) is 46.1 Å². The fraction of sp³-hybridized carbons (Fsp3) is 0.412. The highest BCUT2D eigenvalue weighted by molar-refractivity contribution is 6.06. The number of aromatic nitrogens is 1. The number of rotatable bonds is 5. The van der Waals surface area contributed by atoms with Gasteiger partial charge in [0, 0.05) is 22.9 Å². The number of nitrogens with one attached hydrogen (secondary N) is 3. The number of piperidine rings is 1. The molecule has 216 valence electrons. The number of pyridine rings is 1. The SMILES string of the molecule is CC1(C(=O)N(CC(=O)Nc2ccc3c(c2)CC2(C3)C(=O)Nc3ncccc32)C2CCCc3ccccc32)CCNCC1. The Morgan fingerprint density at radius 1 is 1.02 bits per heavy atom. The summed E-state index contributed by atoms with van der Waals surface area (Å²) in [6.45, 7) is 3.67. The second kappa shape index (κ2) is 10.3. The fourth-order valence-electron chi connectivity index (χ4n) is 7.61. The third kappa shape index (κ3) is 4.49. The van der Waals surface area contributed by atoms with Crippen molar-refractivity contribution < 1.29 is 14.4 Å². The quantitative estimate of drug-likeness (QED) is 0.430. The molecule has 42 heavy (non-hydrogen) atoms. The minimum Gasteiger partial charge on any atom is -0.326 e. The van der Waals surface area contributed by atoms with Crippen molar-refractivity contribution in [2.45, 2.75) is 63.3 Å². The number of nitrogens with zero attached hydrogens (tertiary/aromatic N) is 2. The van der Waals surface area contributed by atoms with Gasteiger partial charge in [-0.3, -0.25) is 14.4 Å². The largest absolute Gasteiger partial charge is 0.326 e. The Morgan fingerprint density at radius 3 is 2.69 bits per heavy atom. The second-order valence-electron chi connectivity index (χ2n) is 12.7. The van der Waals surface area contributed by atoms with Gasteiger partial charge in [0.1, 0.15) is 12.4 Å². The van der Waals surface area contributed by atoms with Gasteiger partial charge in [-0.05, 0) is 98.5 Å². The van der Waals surface area contributed by atoms with E-state index in [9.17, 15) is 14.4 Å². The van der Waals surface area contributed by atoms with E-state index in [0.29, 0.717) is 24.3 Å². The zero-order valence-electron chi connectivity index (χ0n) is 24.0. The van der Waals surface area contributed by atoms with Crippen LogP contribution < -0.4 is 16.0 Å². The van der Waals surface area contributed by atoms with E-state index in [0.717, 1.165) is 67.4 Å². The molecule has 3 aromatic rings. The summed E-state index contributed by atoms with van der Waals surface area (Å²) >= 11 is 0. The molecule has 1 fully saturated rings. The minimum absolute atomic E-state index is 0.00330. The lowest BCUT2D eigenvalue weighted by Crippen LogP contribution is -2.51. The number of benzene rings is 2. The summed E-state index contributed by atoms with van der Waals surface area (Å²) in [6.07, 6.45) is 7.23. The third-order valence-electron chi connectivity index (χ3n) is 9.98. The first-order chi connectivity index (χ1) is 20.4. The van der Waals surface area contributed by atoms with E-state index in [-0.39, 0.29) is 30.3 Å². The maximum absolute atomic E-state index is 14.2. The van der Waals surface area contributed by atoms with Crippen LogP contribution in [0.15, 0.2) is 60.8 Å². The number of hydrogen-bond acceptors (Lipinski definition) is 5. The van der Waals surface area contributed by atoms with Crippen LogP contribution in [0.2, 0.25) is 0 Å². The molecule has 2 aliphatic heterocycles. The summed E-state index contributed by atoms with van der Waals surface area (Å²) in [4.78, 5) is 47.2. The number of aryl methyl sites for hydroxylation is 1. The molecule has 3 N–H and O–H groups in total. The van der Waals surface area contributed by atoms with Gasteiger partial charge >= 0.3 is 0 Å². The van der Waals surface area contributed by atoms with Crippen LogP contribution >= 0.6 is 0 Å². The number of fused-ring (bicyclic) bond motifs is 4. The predicted octanol–water partition coefficient (Wildman–Crippen LogP) is 4.30. The normalized spacial score (nSPS) is 23.5. The molecule has 2 aliphatic carbocycles. The van der Waals surface area contributed by atoms with Crippen LogP contribution in [-0.2, 0) is 39.1 Å². The summed E-state index contributed by atoms with van der Waals surface area (Å²) in [5, 5.41) is 9.41. The number of amides is 3. The molecule has 1 saturated heterocycles. The van der Waals surface area contributed by atoms with E-state index in [4.69, 9.17) is 0 Å².